The fraction of sp³-hybridized carbons (Fsp3) is 0.562. The Labute approximate surface area is 134 Å². The van der Waals surface area contributed by atoms with Crippen molar-refractivity contribution in [1.82, 2.24) is 10.3 Å². The van der Waals surface area contributed by atoms with Crippen molar-refractivity contribution in [3.05, 3.63) is 23.9 Å². The number of amides is 1. The number of hydrogen-bond donors (Lipinski definition) is 2. The molecule has 124 valence electrons. The molecule has 2 saturated heterocycles. The van der Waals surface area contributed by atoms with Crippen LogP contribution in [0.5, 0.6) is 0 Å². The van der Waals surface area contributed by atoms with Crippen molar-refractivity contribution < 1.29 is 19.4 Å². The molecule has 7 heteroatoms. The SMILES string of the molecule is COC(=O)c1ccc(N2CC[C@H](O)[C@@]3(CCCNC3=O)C2)nc1. The summed E-state index contributed by atoms with van der Waals surface area (Å²) in [4.78, 5) is 30.1. The second-order valence-corrected chi connectivity index (χ2v) is 6.14. The summed E-state index contributed by atoms with van der Waals surface area (Å²) >= 11 is 0. The molecule has 1 amide bonds. The first-order chi connectivity index (χ1) is 11.1. The van der Waals surface area contributed by atoms with Gasteiger partial charge in [0.05, 0.1) is 24.2 Å². The highest BCUT2D eigenvalue weighted by atomic mass is 16.5. The van der Waals surface area contributed by atoms with Crippen molar-refractivity contribution in [2.45, 2.75) is 25.4 Å². The maximum atomic E-state index is 12.4. The number of rotatable bonds is 2. The van der Waals surface area contributed by atoms with Crippen molar-refractivity contribution >= 4 is 17.7 Å². The molecule has 0 unspecified atom stereocenters. The minimum absolute atomic E-state index is 0.0767. The summed E-state index contributed by atoms with van der Waals surface area (Å²) in [6.07, 6.45) is 2.91. The van der Waals surface area contributed by atoms with Gasteiger partial charge in [-0.25, -0.2) is 9.78 Å². The monoisotopic (exact) mass is 319 g/mol. The van der Waals surface area contributed by atoms with Crippen LogP contribution in [0.25, 0.3) is 0 Å². The number of nitrogens with one attached hydrogen (secondary N) is 1. The number of carbonyl (C=O) groups excluding carboxylic acids is 2. The fourth-order valence-electron chi connectivity index (χ4n) is 3.45. The zero-order chi connectivity index (χ0) is 16.4. The van der Waals surface area contributed by atoms with Crippen molar-refractivity contribution in [2.75, 3.05) is 31.6 Å². The van der Waals surface area contributed by atoms with Gasteiger partial charge in [-0.05, 0) is 31.4 Å². The van der Waals surface area contributed by atoms with Gasteiger partial charge in [0.25, 0.3) is 0 Å². The lowest BCUT2D eigenvalue weighted by atomic mass is 9.71. The molecule has 2 N–H and O–H groups in total. The largest absolute Gasteiger partial charge is 0.465 e. The molecular weight excluding hydrogens is 298 g/mol. The first kappa shape index (κ1) is 15.7. The zero-order valence-electron chi connectivity index (χ0n) is 13.1. The van der Waals surface area contributed by atoms with Gasteiger partial charge < -0.3 is 20.1 Å². The van der Waals surface area contributed by atoms with Gasteiger partial charge in [-0.3, -0.25) is 4.79 Å². The van der Waals surface area contributed by atoms with Gasteiger partial charge in [0.2, 0.25) is 5.91 Å². The van der Waals surface area contributed by atoms with E-state index in [0.717, 1.165) is 6.42 Å². The van der Waals surface area contributed by atoms with E-state index in [4.69, 9.17) is 0 Å². The van der Waals surface area contributed by atoms with Crippen LogP contribution >= 0.6 is 0 Å². The van der Waals surface area contributed by atoms with Crippen LogP contribution in [-0.4, -0.2) is 54.8 Å². The Morgan fingerprint density at radius 1 is 1.52 bits per heavy atom. The average Bonchev–Trinajstić information content (AvgIpc) is 2.59. The summed E-state index contributed by atoms with van der Waals surface area (Å²) < 4.78 is 4.66. The van der Waals surface area contributed by atoms with E-state index in [1.807, 2.05) is 4.90 Å². The maximum Gasteiger partial charge on any atom is 0.339 e. The van der Waals surface area contributed by atoms with Crippen LogP contribution < -0.4 is 10.2 Å². The predicted octanol–water partition coefficient (Wildman–Crippen LogP) is 0.336. The lowest BCUT2D eigenvalue weighted by molar-refractivity contribution is -0.142. The normalized spacial score (nSPS) is 27.7. The number of methoxy groups -OCH3 is 1. The molecule has 3 rings (SSSR count). The molecule has 0 aromatic carbocycles. The molecular formula is C16H21N3O4. The topological polar surface area (TPSA) is 91.8 Å². The molecule has 1 aromatic heterocycles. The van der Waals surface area contributed by atoms with Crippen molar-refractivity contribution in [2.24, 2.45) is 5.41 Å². The predicted molar refractivity (Wildman–Crippen MR) is 83.1 cm³/mol. The number of piperidine rings is 2. The van der Waals surface area contributed by atoms with E-state index in [2.05, 4.69) is 15.0 Å². The highest BCUT2D eigenvalue weighted by Gasteiger charge is 2.50. The fourth-order valence-corrected chi connectivity index (χ4v) is 3.45. The molecule has 2 fully saturated rings. The van der Waals surface area contributed by atoms with Gasteiger partial charge in [-0.1, -0.05) is 0 Å². The summed E-state index contributed by atoms with van der Waals surface area (Å²) in [7, 11) is 1.33. The van der Waals surface area contributed by atoms with Crippen molar-refractivity contribution in [3.8, 4) is 0 Å². The van der Waals surface area contributed by atoms with Crippen LogP contribution in [0.3, 0.4) is 0 Å². The number of esters is 1. The lowest BCUT2D eigenvalue weighted by Gasteiger charge is -2.47. The maximum absolute atomic E-state index is 12.4. The average molecular weight is 319 g/mol. The number of pyridine rings is 1. The van der Waals surface area contributed by atoms with Crippen molar-refractivity contribution in [1.29, 1.82) is 0 Å². The molecule has 2 aliphatic heterocycles. The Balaban J connectivity index is 1.81. The molecule has 0 saturated carbocycles. The number of nitrogens with zero attached hydrogens (tertiary/aromatic N) is 2. The van der Waals surface area contributed by atoms with E-state index in [-0.39, 0.29) is 5.91 Å². The van der Waals surface area contributed by atoms with E-state index >= 15 is 0 Å². The van der Waals surface area contributed by atoms with Crippen LogP contribution in [0.1, 0.15) is 29.6 Å². The Hall–Kier alpha value is -2.15. The molecule has 23 heavy (non-hydrogen) atoms. The number of carbonyl (C=O) groups is 2. The summed E-state index contributed by atoms with van der Waals surface area (Å²) in [5, 5.41) is 13.3. The Bertz CT molecular complexity index is 604. The second kappa shape index (κ2) is 6.16. The number of hydrogen-bond acceptors (Lipinski definition) is 6. The minimum atomic E-state index is -0.765. The molecule has 2 aliphatic rings. The number of aliphatic hydroxyl groups is 1. The molecule has 7 nitrogen and oxygen atoms in total. The van der Waals surface area contributed by atoms with E-state index < -0.39 is 17.5 Å². The van der Waals surface area contributed by atoms with Crippen LogP contribution in [0, 0.1) is 5.41 Å². The molecule has 1 spiro atoms. The molecule has 1 aromatic rings. The molecule has 2 atom stereocenters. The molecule has 3 heterocycles. The number of anilines is 1. The second-order valence-electron chi connectivity index (χ2n) is 6.14. The van der Waals surface area contributed by atoms with E-state index in [0.29, 0.717) is 43.9 Å². The number of ether oxygens (including phenoxy) is 1. The Morgan fingerprint density at radius 3 is 3.00 bits per heavy atom. The van der Waals surface area contributed by atoms with Crippen LogP contribution in [0.15, 0.2) is 18.3 Å². The van der Waals surface area contributed by atoms with Crippen LogP contribution in [-0.2, 0) is 9.53 Å². The zero-order valence-corrected chi connectivity index (χ0v) is 13.1. The summed E-state index contributed by atoms with van der Waals surface area (Å²) in [6.45, 7) is 1.73. The first-order valence-electron chi connectivity index (χ1n) is 7.82. The third kappa shape index (κ3) is 2.76. The Morgan fingerprint density at radius 2 is 2.35 bits per heavy atom. The molecule has 0 aliphatic carbocycles. The number of aliphatic hydroxyl groups excluding tert-OH is 1. The van der Waals surface area contributed by atoms with Crippen molar-refractivity contribution in [3.63, 3.8) is 0 Å². The lowest BCUT2D eigenvalue weighted by Crippen LogP contribution is -2.61. The summed E-state index contributed by atoms with van der Waals surface area (Å²) in [5.74, 6) is 0.190. The van der Waals surface area contributed by atoms with Gasteiger partial charge in [0, 0.05) is 25.8 Å². The molecule has 0 bridgehead atoms. The minimum Gasteiger partial charge on any atom is -0.465 e. The third-order valence-electron chi connectivity index (χ3n) is 4.81. The number of aromatic nitrogens is 1. The quantitative estimate of drug-likeness (QED) is 0.764. The highest BCUT2D eigenvalue weighted by molar-refractivity contribution is 5.89. The summed E-state index contributed by atoms with van der Waals surface area (Å²) in [5.41, 5.74) is -0.377. The van der Waals surface area contributed by atoms with Crippen LogP contribution in [0.4, 0.5) is 5.82 Å². The van der Waals surface area contributed by atoms with E-state index in [9.17, 15) is 14.7 Å². The van der Waals surface area contributed by atoms with E-state index in [1.54, 1.807) is 12.1 Å². The summed E-state index contributed by atoms with van der Waals surface area (Å²) in [6, 6.07) is 3.41. The first-order valence-corrected chi connectivity index (χ1v) is 7.82. The Kier molecular flexibility index (Phi) is 4.21. The molecule has 0 radical (unpaired) electrons. The van der Waals surface area contributed by atoms with E-state index in [1.165, 1.54) is 13.3 Å². The smallest absolute Gasteiger partial charge is 0.339 e. The standard InChI is InChI=1S/C16H21N3O4/c1-23-14(21)11-3-4-13(18-9-11)19-8-5-12(20)16(10-19)6-2-7-17-15(16)22/h3-4,9,12,20H,2,5-8,10H2,1H3,(H,17,22)/t12-,16+/m0/s1. The van der Waals surface area contributed by atoms with Gasteiger partial charge in [0.15, 0.2) is 0 Å². The van der Waals surface area contributed by atoms with Gasteiger partial charge in [-0.2, -0.15) is 0 Å². The van der Waals surface area contributed by atoms with Crippen LogP contribution in [0.2, 0.25) is 0 Å². The highest BCUT2D eigenvalue weighted by Crippen LogP contribution is 2.38. The van der Waals surface area contributed by atoms with Gasteiger partial charge in [0.1, 0.15) is 5.82 Å². The van der Waals surface area contributed by atoms with Gasteiger partial charge >= 0.3 is 5.97 Å². The third-order valence-corrected chi connectivity index (χ3v) is 4.81. The van der Waals surface area contributed by atoms with Gasteiger partial charge in [-0.15, -0.1) is 0 Å².